The minimum Gasteiger partial charge on any atom is -0.459 e. The molecule has 0 aromatic heterocycles. The van der Waals surface area contributed by atoms with Gasteiger partial charge in [-0.2, -0.15) is 0 Å². The number of aryl methyl sites for hydroxylation is 1. The molecular weight excluding hydrogens is 301 g/mol. The Morgan fingerprint density at radius 3 is 2.61 bits per heavy atom. The lowest BCUT2D eigenvalue weighted by Gasteiger charge is -2.20. The van der Waals surface area contributed by atoms with Crippen LogP contribution in [0.1, 0.15) is 26.3 Å². The van der Waals surface area contributed by atoms with E-state index in [0.717, 1.165) is 5.56 Å². The molecule has 0 fully saturated rings. The van der Waals surface area contributed by atoms with Crippen LogP contribution in [0.2, 0.25) is 0 Å². The van der Waals surface area contributed by atoms with E-state index >= 15 is 0 Å². The van der Waals surface area contributed by atoms with Gasteiger partial charge < -0.3 is 10.1 Å². The van der Waals surface area contributed by atoms with Crippen LogP contribution in [0.5, 0.6) is 0 Å². The molecule has 0 saturated heterocycles. The number of anilines is 1. The van der Waals surface area contributed by atoms with Crippen LogP contribution < -0.4 is 5.32 Å². The van der Waals surface area contributed by atoms with Gasteiger partial charge in [-0.15, -0.1) is 0 Å². The predicted molar refractivity (Wildman–Crippen MR) is 73.2 cm³/mol. The van der Waals surface area contributed by atoms with Gasteiger partial charge in [-0.3, -0.25) is 4.79 Å². The summed E-state index contributed by atoms with van der Waals surface area (Å²) >= 11 is 3.10. The van der Waals surface area contributed by atoms with Gasteiger partial charge in [-0.25, -0.2) is 4.39 Å². The summed E-state index contributed by atoms with van der Waals surface area (Å²) in [6, 6.07) is 3.01. The highest BCUT2D eigenvalue weighted by Crippen LogP contribution is 2.24. The van der Waals surface area contributed by atoms with E-state index < -0.39 is 5.60 Å². The summed E-state index contributed by atoms with van der Waals surface area (Å²) in [5.74, 6) is -0.669. The smallest absolute Gasteiger partial charge is 0.325 e. The molecule has 0 aliphatic rings. The maximum Gasteiger partial charge on any atom is 0.325 e. The van der Waals surface area contributed by atoms with Crippen molar-refractivity contribution in [2.24, 2.45) is 0 Å². The van der Waals surface area contributed by atoms with E-state index in [0.29, 0.717) is 10.2 Å². The molecule has 0 unspecified atom stereocenters. The summed E-state index contributed by atoms with van der Waals surface area (Å²) < 4.78 is 18.7. The van der Waals surface area contributed by atoms with Crippen molar-refractivity contribution in [2.75, 3.05) is 11.9 Å². The summed E-state index contributed by atoms with van der Waals surface area (Å²) in [6.07, 6.45) is 0. The Hall–Kier alpha value is -1.10. The average molecular weight is 318 g/mol. The van der Waals surface area contributed by atoms with Crippen LogP contribution in [0, 0.1) is 12.7 Å². The van der Waals surface area contributed by atoms with Gasteiger partial charge in [0.15, 0.2) is 0 Å². The predicted octanol–water partition coefficient (Wildman–Crippen LogP) is 3.65. The molecule has 0 aliphatic heterocycles. The van der Waals surface area contributed by atoms with Crippen molar-refractivity contribution in [3.8, 4) is 0 Å². The van der Waals surface area contributed by atoms with Crippen LogP contribution in [-0.4, -0.2) is 18.1 Å². The Kier molecular flexibility index (Phi) is 4.73. The molecule has 0 saturated carbocycles. The molecule has 5 heteroatoms. The number of benzene rings is 1. The standard InChI is InChI=1S/C13H17BrFNO2/c1-8-5-10(15)9(14)6-11(8)16-7-12(17)18-13(2,3)4/h5-6,16H,7H2,1-4H3. The van der Waals surface area contributed by atoms with E-state index in [2.05, 4.69) is 21.2 Å². The third-order valence-corrected chi connectivity index (χ3v) is 2.72. The minimum atomic E-state index is -0.503. The number of ether oxygens (including phenoxy) is 1. The summed E-state index contributed by atoms with van der Waals surface area (Å²) in [5, 5.41) is 2.93. The van der Waals surface area contributed by atoms with Gasteiger partial charge in [-0.05, 0) is 61.3 Å². The third-order valence-electron chi connectivity index (χ3n) is 2.11. The Morgan fingerprint density at radius 2 is 2.06 bits per heavy atom. The summed E-state index contributed by atoms with van der Waals surface area (Å²) in [4.78, 5) is 11.5. The van der Waals surface area contributed by atoms with E-state index in [4.69, 9.17) is 4.74 Å². The first-order valence-electron chi connectivity index (χ1n) is 5.60. The van der Waals surface area contributed by atoms with Gasteiger partial charge in [0.05, 0.1) is 4.47 Å². The van der Waals surface area contributed by atoms with Crippen LogP contribution in [0.15, 0.2) is 16.6 Å². The van der Waals surface area contributed by atoms with E-state index in [1.807, 2.05) is 20.8 Å². The summed E-state index contributed by atoms with van der Waals surface area (Å²) in [5.41, 5.74) is 0.936. The van der Waals surface area contributed by atoms with Gasteiger partial charge in [-0.1, -0.05) is 0 Å². The van der Waals surface area contributed by atoms with E-state index in [9.17, 15) is 9.18 Å². The topological polar surface area (TPSA) is 38.3 Å². The zero-order valence-corrected chi connectivity index (χ0v) is 12.5. The Morgan fingerprint density at radius 1 is 1.44 bits per heavy atom. The monoisotopic (exact) mass is 317 g/mol. The SMILES string of the molecule is Cc1cc(F)c(Br)cc1NCC(=O)OC(C)(C)C. The molecule has 1 aromatic carbocycles. The molecule has 1 rings (SSSR count). The molecule has 3 nitrogen and oxygen atoms in total. The second-order valence-corrected chi connectivity index (χ2v) is 5.88. The first kappa shape index (κ1) is 15.0. The van der Waals surface area contributed by atoms with E-state index in [1.54, 1.807) is 13.0 Å². The van der Waals surface area contributed by atoms with Crippen LogP contribution >= 0.6 is 15.9 Å². The third kappa shape index (κ3) is 4.64. The van der Waals surface area contributed by atoms with Crippen molar-refractivity contribution in [2.45, 2.75) is 33.3 Å². The molecule has 18 heavy (non-hydrogen) atoms. The lowest BCUT2D eigenvalue weighted by Crippen LogP contribution is -2.28. The molecular formula is C13H17BrFNO2. The summed E-state index contributed by atoms with van der Waals surface area (Å²) in [6.45, 7) is 7.25. The van der Waals surface area contributed by atoms with Crippen molar-refractivity contribution in [3.05, 3.63) is 28.0 Å². The number of esters is 1. The lowest BCUT2D eigenvalue weighted by atomic mass is 10.2. The van der Waals surface area contributed by atoms with E-state index in [1.165, 1.54) is 6.07 Å². The number of hydrogen-bond donors (Lipinski definition) is 1. The molecule has 0 radical (unpaired) electrons. The van der Waals surface area contributed by atoms with Crippen molar-refractivity contribution < 1.29 is 13.9 Å². The highest BCUT2D eigenvalue weighted by atomic mass is 79.9. The molecule has 0 spiro atoms. The van der Waals surface area contributed by atoms with Gasteiger partial charge in [0, 0.05) is 5.69 Å². The van der Waals surface area contributed by atoms with Crippen molar-refractivity contribution >= 4 is 27.6 Å². The van der Waals surface area contributed by atoms with Gasteiger partial charge in [0.25, 0.3) is 0 Å². The number of rotatable bonds is 3. The highest BCUT2D eigenvalue weighted by molar-refractivity contribution is 9.10. The zero-order valence-electron chi connectivity index (χ0n) is 10.9. The Bertz CT molecular complexity index is 455. The number of hydrogen-bond acceptors (Lipinski definition) is 3. The van der Waals surface area contributed by atoms with Crippen molar-refractivity contribution in [1.82, 2.24) is 0 Å². The largest absolute Gasteiger partial charge is 0.459 e. The van der Waals surface area contributed by atoms with Gasteiger partial charge in [0.2, 0.25) is 0 Å². The molecule has 0 atom stereocenters. The molecule has 0 amide bonds. The quantitative estimate of drug-likeness (QED) is 0.865. The maximum absolute atomic E-state index is 13.2. The number of carbonyl (C=O) groups excluding carboxylic acids is 1. The fourth-order valence-corrected chi connectivity index (χ4v) is 1.73. The second kappa shape index (κ2) is 5.69. The normalized spacial score (nSPS) is 11.2. The fourth-order valence-electron chi connectivity index (χ4n) is 1.38. The number of nitrogens with one attached hydrogen (secondary N) is 1. The Labute approximate surface area is 115 Å². The second-order valence-electron chi connectivity index (χ2n) is 5.02. The van der Waals surface area contributed by atoms with Crippen molar-refractivity contribution in [1.29, 1.82) is 0 Å². The van der Waals surface area contributed by atoms with Crippen LogP contribution in [0.4, 0.5) is 10.1 Å². The number of halogens is 2. The Balaban J connectivity index is 2.64. The molecule has 100 valence electrons. The molecule has 1 aromatic rings. The van der Waals surface area contributed by atoms with Gasteiger partial charge in [0.1, 0.15) is 18.0 Å². The zero-order chi connectivity index (χ0) is 13.9. The summed E-state index contributed by atoms with van der Waals surface area (Å²) in [7, 11) is 0. The molecule has 0 aliphatic carbocycles. The van der Waals surface area contributed by atoms with Crippen LogP contribution in [0.25, 0.3) is 0 Å². The lowest BCUT2D eigenvalue weighted by molar-refractivity contribution is -0.152. The average Bonchev–Trinajstić information content (AvgIpc) is 2.19. The fraction of sp³-hybridized carbons (Fsp3) is 0.462. The first-order valence-corrected chi connectivity index (χ1v) is 6.40. The van der Waals surface area contributed by atoms with Gasteiger partial charge >= 0.3 is 5.97 Å². The maximum atomic E-state index is 13.2. The van der Waals surface area contributed by atoms with Crippen molar-refractivity contribution in [3.63, 3.8) is 0 Å². The number of carbonyl (C=O) groups is 1. The molecule has 1 N–H and O–H groups in total. The first-order chi connectivity index (χ1) is 8.19. The molecule has 0 bridgehead atoms. The minimum absolute atomic E-state index is 0.0518. The molecule has 0 heterocycles. The van der Waals surface area contributed by atoms with E-state index in [-0.39, 0.29) is 18.3 Å². The highest BCUT2D eigenvalue weighted by Gasteiger charge is 2.16. The van der Waals surface area contributed by atoms with Crippen LogP contribution in [0.3, 0.4) is 0 Å². The van der Waals surface area contributed by atoms with Crippen LogP contribution in [-0.2, 0) is 9.53 Å².